The molecule has 0 aliphatic carbocycles. The number of aryl methyl sites for hydroxylation is 2. The Morgan fingerprint density at radius 2 is 1.73 bits per heavy atom. The molecular formula is C22H25N5O2S. The molecule has 0 spiro atoms. The van der Waals surface area contributed by atoms with Crippen LogP contribution in [0.2, 0.25) is 0 Å². The normalized spacial score (nSPS) is 10.7. The number of hydrogen-bond acceptors (Lipinski definition) is 5. The number of anilines is 1. The van der Waals surface area contributed by atoms with E-state index in [9.17, 15) is 9.59 Å². The third kappa shape index (κ3) is 4.88. The highest BCUT2D eigenvalue weighted by molar-refractivity contribution is 7.99. The summed E-state index contributed by atoms with van der Waals surface area (Å²) in [6.07, 6.45) is 0. The average Bonchev–Trinajstić information content (AvgIpc) is 3.13. The molecule has 156 valence electrons. The molecular weight excluding hydrogens is 398 g/mol. The summed E-state index contributed by atoms with van der Waals surface area (Å²) in [5.74, 6) is 0.434. The van der Waals surface area contributed by atoms with Gasteiger partial charge >= 0.3 is 6.03 Å². The number of nitrogens with one attached hydrogen (secondary N) is 2. The maximum absolute atomic E-state index is 12.2. The maximum atomic E-state index is 12.2. The molecule has 1 heterocycles. The molecule has 2 N–H and O–H groups in total. The minimum Gasteiger partial charge on any atom is -0.307 e. The second kappa shape index (κ2) is 9.58. The summed E-state index contributed by atoms with van der Waals surface area (Å²) >= 11 is 1.25. The number of hydrogen-bond donors (Lipinski definition) is 2. The van der Waals surface area contributed by atoms with Gasteiger partial charge in [-0.25, -0.2) is 4.79 Å². The fraction of sp³-hybridized carbons (Fsp3) is 0.273. The Morgan fingerprint density at radius 3 is 2.47 bits per heavy atom. The molecule has 3 aromatic rings. The van der Waals surface area contributed by atoms with Crippen molar-refractivity contribution < 1.29 is 9.59 Å². The van der Waals surface area contributed by atoms with E-state index >= 15 is 0 Å². The molecule has 0 saturated carbocycles. The van der Waals surface area contributed by atoms with Crippen molar-refractivity contribution in [2.24, 2.45) is 0 Å². The molecule has 0 saturated heterocycles. The van der Waals surface area contributed by atoms with E-state index in [1.165, 1.54) is 11.8 Å². The van der Waals surface area contributed by atoms with Gasteiger partial charge in [0, 0.05) is 17.8 Å². The van der Waals surface area contributed by atoms with Crippen molar-refractivity contribution in [3.05, 3.63) is 59.2 Å². The van der Waals surface area contributed by atoms with Gasteiger partial charge in [0.15, 0.2) is 11.0 Å². The van der Waals surface area contributed by atoms with Crippen molar-refractivity contribution in [3.8, 4) is 11.4 Å². The zero-order valence-corrected chi connectivity index (χ0v) is 18.3. The number of benzene rings is 2. The number of aromatic nitrogens is 3. The number of rotatable bonds is 6. The number of imide groups is 1. The predicted octanol–water partition coefficient (Wildman–Crippen LogP) is 4.33. The summed E-state index contributed by atoms with van der Waals surface area (Å²) in [4.78, 5) is 24.4. The molecule has 8 heteroatoms. The molecule has 0 aliphatic heterocycles. The zero-order chi connectivity index (χ0) is 21.7. The third-order valence-corrected chi connectivity index (χ3v) is 5.82. The van der Waals surface area contributed by atoms with Crippen molar-refractivity contribution >= 4 is 29.4 Å². The molecule has 3 amide bonds. The molecule has 1 aromatic heterocycles. The summed E-state index contributed by atoms with van der Waals surface area (Å²) in [5.41, 5.74) is 4.84. The van der Waals surface area contributed by atoms with Gasteiger partial charge in [-0.15, -0.1) is 10.2 Å². The first kappa shape index (κ1) is 21.6. The van der Waals surface area contributed by atoms with E-state index in [1.54, 1.807) is 6.07 Å². The lowest BCUT2D eigenvalue weighted by atomic mass is 10.1. The molecule has 0 aliphatic rings. The summed E-state index contributed by atoms with van der Waals surface area (Å²) in [5, 5.41) is 14.3. The third-order valence-electron chi connectivity index (χ3n) is 4.86. The Hall–Kier alpha value is -3.13. The number of thioether (sulfide) groups is 1. The van der Waals surface area contributed by atoms with Crippen molar-refractivity contribution in [2.45, 2.75) is 39.4 Å². The lowest BCUT2D eigenvalue weighted by Gasteiger charge is -2.11. The van der Waals surface area contributed by atoms with Crippen LogP contribution < -0.4 is 10.6 Å². The Balaban J connectivity index is 1.62. The van der Waals surface area contributed by atoms with E-state index in [0.717, 1.165) is 28.1 Å². The van der Waals surface area contributed by atoms with Crippen LogP contribution in [0.15, 0.2) is 47.6 Å². The molecule has 30 heavy (non-hydrogen) atoms. The van der Waals surface area contributed by atoms with Crippen LogP contribution in [-0.4, -0.2) is 32.5 Å². The number of urea groups is 1. The number of carbonyl (C=O) groups excluding carboxylic acids is 2. The van der Waals surface area contributed by atoms with E-state index in [4.69, 9.17) is 0 Å². The summed E-state index contributed by atoms with van der Waals surface area (Å²) in [6, 6.07) is 13.1. The van der Waals surface area contributed by atoms with Gasteiger partial charge in [0.05, 0.1) is 5.75 Å². The van der Waals surface area contributed by atoms with Gasteiger partial charge in [-0.3, -0.25) is 10.1 Å². The topological polar surface area (TPSA) is 88.9 Å². The van der Waals surface area contributed by atoms with Crippen molar-refractivity contribution in [1.29, 1.82) is 0 Å². The van der Waals surface area contributed by atoms with Crippen molar-refractivity contribution in [1.82, 2.24) is 20.1 Å². The van der Waals surface area contributed by atoms with E-state index in [2.05, 4.69) is 20.8 Å². The Bertz CT molecular complexity index is 1080. The standard InChI is InChI=1S/C22H25N5O2S/c1-5-27-20(17-11-7-6-9-15(17)3)25-26-22(27)30-13-19(28)24-21(29)23-18-12-8-10-14(2)16(18)4/h6-12H,5,13H2,1-4H3,(H2,23,24,28,29). The molecule has 0 radical (unpaired) electrons. The quantitative estimate of drug-likeness (QED) is 0.576. The number of carbonyl (C=O) groups is 2. The zero-order valence-electron chi connectivity index (χ0n) is 17.5. The Morgan fingerprint density at radius 1 is 1.00 bits per heavy atom. The summed E-state index contributed by atoms with van der Waals surface area (Å²) < 4.78 is 1.97. The minimum absolute atomic E-state index is 0.0616. The van der Waals surface area contributed by atoms with E-state index < -0.39 is 11.9 Å². The SMILES string of the molecule is CCn1c(SCC(=O)NC(=O)Nc2cccc(C)c2C)nnc1-c1ccccc1C. The molecule has 0 bridgehead atoms. The molecule has 0 atom stereocenters. The Kier molecular flexibility index (Phi) is 6.89. The fourth-order valence-corrected chi connectivity index (χ4v) is 3.84. The monoisotopic (exact) mass is 423 g/mol. The van der Waals surface area contributed by atoms with Gasteiger partial charge in [-0.2, -0.15) is 0 Å². The largest absolute Gasteiger partial charge is 0.325 e. The fourth-order valence-electron chi connectivity index (χ4n) is 3.04. The van der Waals surface area contributed by atoms with Gasteiger partial charge < -0.3 is 9.88 Å². The van der Waals surface area contributed by atoms with Gasteiger partial charge in [0.2, 0.25) is 5.91 Å². The highest BCUT2D eigenvalue weighted by atomic mass is 32.2. The Labute approximate surface area is 180 Å². The first-order chi connectivity index (χ1) is 14.4. The maximum Gasteiger partial charge on any atom is 0.325 e. The number of amides is 3. The summed E-state index contributed by atoms with van der Waals surface area (Å²) in [6.45, 7) is 8.60. The molecule has 2 aromatic carbocycles. The molecule has 3 rings (SSSR count). The van der Waals surface area contributed by atoms with Crippen molar-refractivity contribution in [2.75, 3.05) is 11.1 Å². The second-order valence-corrected chi connectivity index (χ2v) is 7.85. The first-order valence-corrected chi connectivity index (χ1v) is 10.7. The lowest BCUT2D eigenvalue weighted by molar-refractivity contribution is -0.117. The van der Waals surface area contributed by atoms with E-state index in [0.29, 0.717) is 17.4 Å². The lowest BCUT2D eigenvalue weighted by Crippen LogP contribution is -2.35. The highest BCUT2D eigenvalue weighted by Crippen LogP contribution is 2.26. The second-order valence-electron chi connectivity index (χ2n) is 6.90. The van der Waals surface area contributed by atoms with E-state index in [1.807, 2.05) is 68.7 Å². The average molecular weight is 424 g/mol. The van der Waals surface area contributed by atoms with Gasteiger partial charge in [0.25, 0.3) is 0 Å². The van der Waals surface area contributed by atoms with Crippen LogP contribution in [0.5, 0.6) is 0 Å². The highest BCUT2D eigenvalue weighted by Gasteiger charge is 2.17. The van der Waals surface area contributed by atoms with Crippen LogP contribution in [0, 0.1) is 20.8 Å². The molecule has 7 nitrogen and oxygen atoms in total. The van der Waals surface area contributed by atoms with Crippen LogP contribution in [0.25, 0.3) is 11.4 Å². The molecule has 0 fully saturated rings. The molecule has 0 unspecified atom stereocenters. The number of nitrogens with zero attached hydrogens (tertiary/aromatic N) is 3. The van der Waals surface area contributed by atoms with Gasteiger partial charge in [-0.1, -0.05) is 48.2 Å². The first-order valence-electron chi connectivity index (χ1n) is 9.69. The van der Waals surface area contributed by atoms with Crippen LogP contribution in [-0.2, 0) is 11.3 Å². The van der Waals surface area contributed by atoms with E-state index in [-0.39, 0.29) is 5.75 Å². The van der Waals surface area contributed by atoms with Crippen LogP contribution >= 0.6 is 11.8 Å². The van der Waals surface area contributed by atoms with Crippen LogP contribution in [0.4, 0.5) is 10.5 Å². The minimum atomic E-state index is -0.549. The van der Waals surface area contributed by atoms with Crippen LogP contribution in [0.1, 0.15) is 23.6 Å². The van der Waals surface area contributed by atoms with Crippen molar-refractivity contribution in [3.63, 3.8) is 0 Å². The van der Waals surface area contributed by atoms with Gasteiger partial charge in [-0.05, 0) is 50.5 Å². The summed E-state index contributed by atoms with van der Waals surface area (Å²) in [7, 11) is 0. The van der Waals surface area contributed by atoms with Crippen LogP contribution in [0.3, 0.4) is 0 Å². The van der Waals surface area contributed by atoms with Gasteiger partial charge in [0.1, 0.15) is 0 Å². The predicted molar refractivity (Wildman–Crippen MR) is 120 cm³/mol. The smallest absolute Gasteiger partial charge is 0.307 e.